The van der Waals surface area contributed by atoms with Crippen LogP contribution < -0.4 is 5.32 Å². The monoisotopic (exact) mass is 418 g/mol. The molecular formula is C24H19ClN2O3. The summed E-state index contributed by atoms with van der Waals surface area (Å²) in [5, 5.41) is 5.97. The van der Waals surface area contributed by atoms with E-state index in [1.165, 1.54) is 0 Å². The topological polar surface area (TPSA) is 68.3 Å². The van der Waals surface area contributed by atoms with Crippen molar-refractivity contribution < 1.29 is 14.3 Å². The second kappa shape index (κ2) is 8.51. The van der Waals surface area contributed by atoms with Crippen molar-refractivity contribution in [3.63, 3.8) is 0 Å². The van der Waals surface area contributed by atoms with Gasteiger partial charge in [0, 0.05) is 10.8 Å². The molecule has 0 unspecified atom stereocenters. The molecule has 1 atom stereocenters. The third kappa shape index (κ3) is 3.98. The number of benzene rings is 3. The normalized spacial score (nSPS) is 11.9. The van der Waals surface area contributed by atoms with Crippen molar-refractivity contribution in [2.45, 2.75) is 19.6 Å². The van der Waals surface area contributed by atoms with Crippen LogP contribution in [0.25, 0.3) is 21.7 Å². The van der Waals surface area contributed by atoms with Crippen molar-refractivity contribution in [3.8, 4) is 0 Å². The highest BCUT2D eigenvalue weighted by Crippen LogP contribution is 2.26. The summed E-state index contributed by atoms with van der Waals surface area (Å²) in [7, 11) is 0. The smallest absolute Gasteiger partial charge is 0.328 e. The molecule has 0 saturated carbocycles. The molecule has 30 heavy (non-hydrogen) atoms. The van der Waals surface area contributed by atoms with Gasteiger partial charge < -0.3 is 10.1 Å². The second-order valence-corrected chi connectivity index (χ2v) is 7.31. The maximum Gasteiger partial charge on any atom is 0.328 e. The Hall–Kier alpha value is -3.44. The van der Waals surface area contributed by atoms with Gasteiger partial charge in [0.05, 0.1) is 21.8 Å². The minimum Gasteiger partial charge on any atom is -0.458 e. The molecule has 0 aliphatic rings. The number of esters is 1. The van der Waals surface area contributed by atoms with Crippen LogP contribution in [0.4, 0.5) is 0 Å². The van der Waals surface area contributed by atoms with Crippen LogP contribution in [0.3, 0.4) is 0 Å². The van der Waals surface area contributed by atoms with Crippen LogP contribution in [0.15, 0.2) is 72.8 Å². The number of amides is 1. The fraction of sp³-hybridized carbons (Fsp3) is 0.125. The van der Waals surface area contributed by atoms with E-state index >= 15 is 0 Å². The highest BCUT2D eigenvalue weighted by Gasteiger charge is 2.20. The molecule has 0 aliphatic heterocycles. The van der Waals surface area contributed by atoms with Crippen molar-refractivity contribution in [1.82, 2.24) is 10.3 Å². The minimum atomic E-state index is -0.833. The zero-order valence-corrected chi connectivity index (χ0v) is 17.0. The van der Waals surface area contributed by atoms with Crippen molar-refractivity contribution in [3.05, 3.63) is 89.1 Å². The number of ether oxygens (including phenoxy) is 1. The predicted octanol–water partition coefficient (Wildman–Crippen LogP) is 4.90. The molecule has 3 aromatic carbocycles. The van der Waals surface area contributed by atoms with Gasteiger partial charge in [0.25, 0.3) is 5.91 Å². The zero-order chi connectivity index (χ0) is 21.1. The lowest BCUT2D eigenvalue weighted by Crippen LogP contribution is -2.39. The number of pyridine rings is 1. The van der Waals surface area contributed by atoms with Crippen molar-refractivity contribution in [2.75, 3.05) is 0 Å². The lowest BCUT2D eigenvalue weighted by atomic mass is 10.0. The highest BCUT2D eigenvalue weighted by atomic mass is 35.5. The van der Waals surface area contributed by atoms with Crippen molar-refractivity contribution >= 4 is 45.2 Å². The van der Waals surface area contributed by atoms with Crippen LogP contribution in [0, 0.1) is 0 Å². The molecule has 4 rings (SSSR count). The molecule has 1 heterocycles. The van der Waals surface area contributed by atoms with Crippen molar-refractivity contribution in [2.24, 2.45) is 0 Å². The molecule has 0 fully saturated rings. The Kier molecular flexibility index (Phi) is 5.63. The van der Waals surface area contributed by atoms with Gasteiger partial charge >= 0.3 is 5.97 Å². The summed E-state index contributed by atoms with van der Waals surface area (Å²) in [6.45, 7) is 1.58. The number of nitrogens with one attached hydrogen (secondary N) is 1. The first-order valence-electron chi connectivity index (χ1n) is 9.53. The number of rotatable bonds is 5. The van der Waals surface area contributed by atoms with Crippen molar-refractivity contribution in [1.29, 1.82) is 0 Å². The highest BCUT2D eigenvalue weighted by molar-refractivity contribution is 6.33. The molecule has 1 aromatic heterocycles. The van der Waals surface area contributed by atoms with Gasteiger partial charge in [-0.2, -0.15) is 0 Å². The molecule has 0 spiro atoms. The fourth-order valence-corrected chi connectivity index (χ4v) is 3.55. The number of carbonyl (C=O) groups excluding carboxylic acids is 2. The zero-order valence-electron chi connectivity index (χ0n) is 16.3. The van der Waals surface area contributed by atoms with E-state index in [9.17, 15) is 9.59 Å². The van der Waals surface area contributed by atoms with E-state index in [1.54, 1.807) is 31.2 Å². The lowest BCUT2D eigenvalue weighted by molar-refractivity contribution is -0.146. The van der Waals surface area contributed by atoms with E-state index < -0.39 is 17.9 Å². The van der Waals surface area contributed by atoms with E-state index in [4.69, 9.17) is 16.3 Å². The first-order valence-corrected chi connectivity index (χ1v) is 9.91. The standard InChI is InChI=1S/C24H19ClN2O3/c1-15(26-23(28)19-11-4-6-12-20(19)25)24(29)30-14-22-18-10-3-2-8-16(18)17-9-5-7-13-21(17)27-22/h2-13,15H,14H2,1H3,(H,26,28)/t15-/m1/s1. The third-order valence-electron chi connectivity index (χ3n) is 4.86. The Morgan fingerprint density at radius 2 is 1.57 bits per heavy atom. The summed E-state index contributed by atoms with van der Waals surface area (Å²) in [5.41, 5.74) is 1.81. The number of halogens is 1. The van der Waals surface area contributed by atoms with Crippen LogP contribution in [0.5, 0.6) is 0 Å². The Balaban J connectivity index is 1.50. The Morgan fingerprint density at radius 3 is 2.33 bits per heavy atom. The SMILES string of the molecule is C[C@@H](NC(=O)c1ccccc1Cl)C(=O)OCc1nc2ccccc2c2ccccc12. The molecular weight excluding hydrogens is 400 g/mol. The Morgan fingerprint density at radius 1 is 0.933 bits per heavy atom. The quantitative estimate of drug-likeness (QED) is 0.369. The van der Waals surface area contributed by atoms with E-state index in [2.05, 4.69) is 10.3 Å². The number of carbonyl (C=O) groups is 2. The van der Waals surface area contributed by atoms with Crippen LogP contribution in [-0.4, -0.2) is 22.9 Å². The Bertz CT molecular complexity index is 1260. The van der Waals surface area contributed by atoms with Gasteiger partial charge in [0.15, 0.2) is 0 Å². The van der Waals surface area contributed by atoms with Crippen LogP contribution in [0.2, 0.25) is 5.02 Å². The molecule has 150 valence electrons. The second-order valence-electron chi connectivity index (χ2n) is 6.90. The molecule has 0 bridgehead atoms. The van der Waals surface area contributed by atoms with Gasteiger partial charge in [0.2, 0.25) is 0 Å². The number of para-hydroxylation sites is 1. The summed E-state index contributed by atoms with van der Waals surface area (Å²) < 4.78 is 5.46. The number of aromatic nitrogens is 1. The van der Waals surface area contributed by atoms with Gasteiger partial charge in [-0.1, -0.05) is 66.2 Å². The summed E-state index contributed by atoms with van der Waals surface area (Å²) in [4.78, 5) is 29.5. The molecule has 1 amide bonds. The average molecular weight is 419 g/mol. The number of hydrogen-bond acceptors (Lipinski definition) is 4. The maximum absolute atomic E-state index is 12.5. The number of fused-ring (bicyclic) bond motifs is 3. The fourth-order valence-electron chi connectivity index (χ4n) is 3.33. The lowest BCUT2D eigenvalue weighted by Gasteiger charge is -2.15. The molecule has 0 radical (unpaired) electrons. The van der Waals surface area contributed by atoms with E-state index in [0.29, 0.717) is 16.3 Å². The molecule has 1 N–H and O–H groups in total. The van der Waals surface area contributed by atoms with Gasteiger partial charge in [-0.3, -0.25) is 4.79 Å². The molecule has 4 aromatic rings. The van der Waals surface area contributed by atoms with E-state index in [0.717, 1.165) is 21.7 Å². The van der Waals surface area contributed by atoms with Gasteiger partial charge in [-0.25, -0.2) is 9.78 Å². The molecule has 5 nitrogen and oxygen atoms in total. The molecule has 6 heteroatoms. The van der Waals surface area contributed by atoms with E-state index in [1.807, 2.05) is 48.5 Å². The summed E-state index contributed by atoms with van der Waals surface area (Å²) >= 11 is 6.04. The minimum absolute atomic E-state index is 0.0104. The van der Waals surface area contributed by atoms with Gasteiger partial charge in [-0.05, 0) is 30.5 Å². The van der Waals surface area contributed by atoms with Gasteiger partial charge in [-0.15, -0.1) is 0 Å². The predicted molar refractivity (Wildman–Crippen MR) is 117 cm³/mol. The summed E-state index contributed by atoms with van der Waals surface area (Å²) in [6, 6.07) is 21.6. The first-order chi connectivity index (χ1) is 14.5. The maximum atomic E-state index is 12.5. The number of hydrogen-bond donors (Lipinski definition) is 1. The van der Waals surface area contributed by atoms with Crippen LogP contribution in [0.1, 0.15) is 23.0 Å². The molecule has 0 saturated heterocycles. The number of nitrogens with zero attached hydrogens (tertiary/aromatic N) is 1. The van der Waals surface area contributed by atoms with Crippen LogP contribution >= 0.6 is 11.6 Å². The first kappa shape index (κ1) is 19.9. The largest absolute Gasteiger partial charge is 0.458 e. The molecule has 0 aliphatic carbocycles. The van der Waals surface area contributed by atoms with Crippen LogP contribution in [-0.2, 0) is 16.1 Å². The van der Waals surface area contributed by atoms with Gasteiger partial charge in [0.1, 0.15) is 12.6 Å². The summed E-state index contributed by atoms with van der Waals surface area (Å²) in [6.07, 6.45) is 0. The Labute approximate surface area is 178 Å². The summed E-state index contributed by atoms with van der Waals surface area (Å²) in [5.74, 6) is -0.978. The average Bonchev–Trinajstić information content (AvgIpc) is 2.77. The van der Waals surface area contributed by atoms with E-state index in [-0.39, 0.29) is 6.61 Å². The third-order valence-corrected chi connectivity index (χ3v) is 5.19.